The number of imide groups is 1. The summed E-state index contributed by atoms with van der Waals surface area (Å²) in [5, 5.41) is 0. The van der Waals surface area contributed by atoms with Crippen molar-refractivity contribution >= 4 is 17.8 Å². The molecule has 0 unspecified atom stereocenters. The average molecular weight is 358 g/mol. The number of piperazine rings is 1. The molecule has 8 heteroatoms. The lowest BCUT2D eigenvalue weighted by molar-refractivity contribution is -0.154. The fourth-order valence-corrected chi connectivity index (χ4v) is 4.38. The van der Waals surface area contributed by atoms with Gasteiger partial charge in [-0.25, -0.2) is 4.79 Å². The number of pyridine rings is 1. The number of urea groups is 1. The first-order valence-corrected chi connectivity index (χ1v) is 9.09. The molecule has 0 aliphatic carbocycles. The zero-order chi connectivity index (χ0) is 18.4. The second kappa shape index (κ2) is 6.26. The summed E-state index contributed by atoms with van der Waals surface area (Å²) in [6.45, 7) is 4.45. The van der Waals surface area contributed by atoms with E-state index in [0.717, 1.165) is 17.0 Å². The van der Waals surface area contributed by atoms with Crippen LogP contribution in [0.5, 0.6) is 0 Å². The number of likely N-dealkylation sites (N-methyl/N-ethyl adjacent to an activating group) is 1. The van der Waals surface area contributed by atoms with Gasteiger partial charge in [-0.1, -0.05) is 6.07 Å². The van der Waals surface area contributed by atoms with Crippen LogP contribution in [-0.2, 0) is 16.1 Å². The number of rotatable bonds is 1. The molecule has 0 spiro atoms. The summed E-state index contributed by atoms with van der Waals surface area (Å²) < 4.78 is 1.80. The molecule has 0 aromatic carbocycles. The molecule has 4 heterocycles. The molecule has 2 bridgehead atoms. The van der Waals surface area contributed by atoms with E-state index in [0.29, 0.717) is 32.7 Å². The minimum atomic E-state index is -0.740. The fourth-order valence-electron chi connectivity index (χ4n) is 4.38. The van der Waals surface area contributed by atoms with E-state index < -0.39 is 11.8 Å². The summed E-state index contributed by atoms with van der Waals surface area (Å²) in [6.07, 6.45) is 0.934. The Labute approximate surface area is 151 Å². The van der Waals surface area contributed by atoms with Crippen molar-refractivity contribution in [2.45, 2.75) is 25.8 Å². The Kier molecular flexibility index (Phi) is 4.05. The molecule has 1 aromatic rings. The minimum Gasteiger partial charge on any atom is -0.333 e. The third kappa shape index (κ3) is 2.60. The van der Waals surface area contributed by atoms with Crippen molar-refractivity contribution in [2.75, 3.05) is 32.7 Å². The van der Waals surface area contributed by atoms with Crippen molar-refractivity contribution in [3.05, 3.63) is 34.2 Å². The van der Waals surface area contributed by atoms with Crippen LogP contribution in [0.4, 0.5) is 4.79 Å². The van der Waals surface area contributed by atoms with E-state index in [2.05, 4.69) is 0 Å². The summed E-state index contributed by atoms with van der Waals surface area (Å²) >= 11 is 0. The molecule has 4 rings (SSSR count). The number of piperidine rings is 1. The Morgan fingerprint density at radius 2 is 1.88 bits per heavy atom. The first-order chi connectivity index (χ1) is 12.5. The van der Waals surface area contributed by atoms with E-state index in [1.54, 1.807) is 21.6 Å². The molecule has 26 heavy (non-hydrogen) atoms. The summed E-state index contributed by atoms with van der Waals surface area (Å²) in [5.74, 6) is -1.08. The van der Waals surface area contributed by atoms with E-state index in [1.807, 2.05) is 13.0 Å². The summed E-state index contributed by atoms with van der Waals surface area (Å²) in [6, 6.07) is 4.86. The van der Waals surface area contributed by atoms with Gasteiger partial charge in [0.05, 0.1) is 0 Å². The van der Waals surface area contributed by atoms with E-state index >= 15 is 0 Å². The standard InChI is InChI=1S/C18H22N4O4/c1-2-19-6-7-21(17(25)16(19)24)18(26)20-9-12-8-13(11-20)14-4-3-5-15(23)22(14)10-12/h3-5,12-13H,2,6-11H2,1H3/t12-,13+/m1/s1. The third-order valence-corrected chi connectivity index (χ3v) is 5.67. The Morgan fingerprint density at radius 1 is 1.08 bits per heavy atom. The zero-order valence-electron chi connectivity index (χ0n) is 14.8. The van der Waals surface area contributed by atoms with Crippen LogP contribution in [0.1, 0.15) is 25.0 Å². The van der Waals surface area contributed by atoms with Gasteiger partial charge in [0.1, 0.15) is 0 Å². The van der Waals surface area contributed by atoms with Crippen molar-refractivity contribution in [1.82, 2.24) is 19.3 Å². The van der Waals surface area contributed by atoms with Crippen LogP contribution in [0.2, 0.25) is 0 Å². The third-order valence-electron chi connectivity index (χ3n) is 5.67. The summed E-state index contributed by atoms with van der Waals surface area (Å²) in [4.78, 5) is 53.6. The van der Waals surface area contributed by atoms with Crippen LogP contribution in [-0.4, -0.2) is 69.8 Å². The van der Waals surface area contributed by atoms with E-state index in [4.69, 9.17) is 0 Å². The molecular weight excluding hydrogens is 336 g/mol. The zero-order valence-corrected chi connectivity index (χ0v) is 14.8. The molecule has 3 aliphatic rings. The van der Waals surface area contributed by atoms with E-state index in [9.17, 15) is 19.2 Å². The Bertz CT molecular complexity index is 833. The molecule has 8 nitrogen and oxygen atoms in total. The van der Waals surface area contributed by atoms with Gasteiger partial charge >= 0.3 is 17.8 Å². The van der Waals surface area contributed by atoms with Crippen molar-refractivity contribution in [1.29, 1.82) is 0 Å². The number of hydrogen-bond acceptors (Lipinski definition) is 4. The highest BCUT2D eigenvalue weighted by molar-refractivity contribution is 6.38. The SMILES string of the molecule is CCN1CCN(C(=O)N2C[C@H]3C[C@@H](C2)c2cccc(=O)n2C3)C(=O)C1=O. The van der Waals surface area contributed by atoms with Crippen molar-refractivity contribution < 1.29 is 14.4 Å². The van der Waals surface area contributed by atoms with Gasteiger partial charge in [-0.15, -0.1) is 0 Å². The molecule has 0 saturated carbocycles. The molecule has 1 aromatic heterocycles. The second-order valence-corrected chi connectivity index (χ2v) is 7.23. The highest BCUT2D eigenvalue weighted by Crippen LogP contribution is 2.35. The first kappa shape index (κ1) is 16.8. The lowest BCUT2D eigenvalue weighted by atomic mass is 9.83. The molecule has 2 atom stereocenters. The van der Waals surface area contributed by atoms with E-state index in [-0.39, 0.29) is 30.0 Å². The monoisotopic (exact) mass is 358 g/mol. The number of carbonyl (C=O) groups excluding carboxylic acids is 3. The maximum atomic E-state index is 12.9. The van der Waals surface area contributed by atoms with Gasteiger partial charge in [0.15, 0.2) is 0 Å². The molecular formula is C18H22N4O4. The number of likely N-dealkylation sites (tertiary alicyclic amines) is 1. The van der Waals surface area contributed by atoms with Gasteiger partial charge in [0.2, 0.25) is 0 Å². The Hall–Kier alpha value is -2.64. The van der Waals surface area contributed by atoms with Gasteiger partial charge in [0.25, 0.3) is 5.56 Å². The summed E-state index contributed by atoms with van der Waals surface area (Å²) in [7, 11) is 0. The lowest BCUT2D eigenvalue weighted by Crippen LogP contribution is -2.60. The average Bonchev–Trinajstić information content (AvgIpc) is 2.64. The number of fused-ring (bicyclic) bond motifs is 4. The summed E-state index contributed by atoms with van der Waals surface area (Å²) in [5.41, 5.74) is 0.942. The van der Waals surface area contributed by atoms with Crippen LogP contribution < -0.4 is 5.56 Å². The maximum Gasteiger partial charge on any atom is 0.327 e. The lowest BCUT2D eigenvalue weighted by Gasteiger charge is -2.44. The van der Waals surface area contributed by atoms with Gasteiger partial charge in [-0.3, -0.25) is 19.3 Å². The first-order valence-electron chi connectivity index (χ1n) is 9.09. The number of amides is 4. The van der Waals surface area contributed by atoms with Gasteiger partial charge in [-0.05, 0) is 25.3 Å². The van der Waals surface area contributed by atoms with Crippen LogP contribution in [0.15, 0.2) is 23.0 Å². The van der Waals surface area contributed by atoms with Crippen molar-refractivity contribution in [3.8, 4) is 0 Å². The molecule has 4 amide bonds. The normalized spacial score (nSPS) is 25.3. The predicted octanol–water partition coefficient (Wildman–Crippen LogP) is 0.0781. The molecule has 0 radical (unpaired) electrons. The van der Waals surface area contributed by atoms with Crippen LogP contribution in [0.25, 0.3) is 0 Å². The van der Waals surface area contributed by atoms with Gasteiger partial charge < -0.3 is 14.4 Å². The smallest absolute Gasteiger partial charge is 0.327 e. The maximum absolute atomic E-state index is 12.9. The Balaban J connectivity index is 1.54. The highest BCUT2D eigenvalue weighted by Gasteiger charge is 2.41. The Morgan fingerprint density at radius 3 is 2.65 bits per heavy atom. The largest absolute Gasteiger partial charge is 0.333 e. The number of aromatic nitrogens is 1. The van der Waals surface area contributed by atoms with Crippen LogP contribution in [0.3, 0.4) is 0 Å². The van der Waals surface area contributed by atoms with Crippen LogP contribution >= 0.6 is 0 Å². The molecule has 0 N–H and O–H groups in total. The van der Waals surface area contributed by atoms with Crippen molar-refractivity contribution in [2.24, 2.45) is 5.92 Å². The number of hydrogen-bond donors (Lipinski definition) is 0. The topological polar surface area (TPSA) is 82.9 Å². The quantitative estimate of drug-likeness (QED) is 0.666. The molecule has 3 aliphatic heterocycles. The van der Waals surface area contributed by atoms with Crippen molar-refractivity contribution in [3.63, 3.8) is 0 Å². The molecule has 138 valence electrons. The minimum absolute atomic E-state index is 0.00608. The highest BCUT2D eigenvalue weighted by atomic mass is 16.2. The molecule has 2 fully saturated rings. The van der Waals surface area contributed by atoms with Gasteiger partial charge in [-0.2, -0.15) is 0 Å². The van der Waals surface area contributed by atoms with Crippen LogP contribution in [0, 0.1) is 5.92 Å². The van der Waals surface area contributed by atoms with E-state index in [1.165, 1.54) is 4.90 Å². The number of carbonyl (C=O) groups is 3. The fraction of sp³-hybridized carbons (Fsp3) is 0.556. The van der Waals surface area contributed by atoms with Gasteiger partial charge in [0, 0.05) is 56.9 Å². The second-order valence-electron chi connectivity index (χ2n) is 7.23. The number of nitrogens with zero attached hydrogens (tertiary/aromatic N) is 4. The molecule has 2 saturated heterocycles. The predicted molar refractivity (Wildman–Crippen MR) is 92.5 cm³/mol.